The average molecular weight is 246 g/mol. The number of nitrogens with one attached hydrogen (secondary N) is 1. The van der Waals surface area contributed by atoms with E-state index in [4.69, 9.17) is 0 Å². The summed E-state index contributed by atoms with van der Waals surface area (Å²) in [5.41, 5.74) is 1.05. The maximum absolute atomic E-state index is 4.45. The first-order valence-corrected chi connectivity index (χ1v) is 6.70. The Morgan fingerprint density at radius 3 is 2.71 bits per heavy atom. The molecule has 0 aliphatic rings. The minimum absolute atomic E-state index is 0.405. The lowest BCUT2D eigenvalue weighted by Crippen LogP contribution is -2.18. The molecule has 1 N–H and O–H groups in total. The van der Waals surface area contributed by atoms with Crippen molar-refractivity contribution in [3.05, 3.63) is 45.8 Å². The van der Waals surface area contributed by atoms with Crippen LogP contribution < -0.4 is 5.32 Å². The zero-order valence-corrected chi connectivity index (χ0v) is 11.3. The fourth-order valence-electron chi connectivity index (χ4n) is 1.82. The van der Waals surface area contributed by atoms with Crippen LogP contribution in [-0.2, 0) is 6.42 Å². The van der Waals surface area contributed by atoms with E-state index >= 15 is 0 Å². The number of nitrogens with zero attached hydrogens (tertiary/aromatic N) is 1. The number of rotatable bonds is 4. The van der Waals surface area contributed by atoms with E-state index in [0.29, 0.717) is 6.04 Å². The standard InChI is InChI=1S/C14H18N2S/c1-10-5-4-6-14(15-10)16-11(2)9-13-8-7-12(3)17-13/h4-8,11H,9H2,1-3H3,(H,15,16). The third-order valence-corrected chi connectivity index (χ3v) is 3.61. The molecule has 2 aromatic heterocycles. The molecule has 0 aliphatic carbocycles. The summed E-state index contributed by atoms with van der Waals surface area (Å²) in [5, 5.41) is 3.44. The topological polar surface area (TPSA) is 24.9 Å². The lowest BCUT2D eigenvalue weighted by Gasteiger charge is -2.13. The molecule has 0 fully saturated rings. The highest BCUT2D eigenvalue weighted by Gasteiger charge is 2.06. The minimum atomic E-state index is 0.405. The Labute approximate surface area is 107 Å². The summed E-state index contributed by atoms with van der Waals surface area (Å²) in [5.74, 6) is 0.964. The van der Waals surface area contributed by atoms with E-state index in [9.17, 15) is 0 Å². The van der Waals surface area contributed by atoms with E-state index in [1.165, 1.54) is 9.75 Å². The first-order valence-electron chi connectivity index (χ1n) is 5.89. The molecule has 3 heteroatoms. The molecule has 0 aliphatic heterocycles. The normalized spacial score (nSPS) is 12.4. The van der Waals surface area contributed by atoms with Crippen molar-refractivity contribution in [2.24, 2.45) is 0 Å². The van der Waals surface area contributed by atoms with Crippen LogP contribution in [0.1, 0.15) is 22.4 Å². The van der Waals surface area contributed by atoms with Crippen molar-refractivity contribution >= 4 is 17.2 Å². The highest BCUT2D eigenvalue weighted by molar-refractivity contribution is 7.11. The Morgan fingerprint density at radius 2 is 2.06 bits per heavy atom. The van der Waals surface area contributed by atoms with Crippen LogP contribution in [0.25, 0.3) is 0 Å². The molecular formula is C14H18N2S. The second-order valence-electron chi connectivity index (χ2n) is 4.43. The van der Waals surface area contributed by atoms with Gasteiger partial charge in [0.25, 0.3) is 0 Å². The predicted molar refractivity (Wildman–Crippen MR) is 74.8 cm³/mol. The first kappa shape index (κ1) is 12.1. The Balaban J connectivity index is 1.95. The largest absolute Gasteiger partial charge is 0.367 e. The molecule has 0 radical (unpaired) electrons. The summed E-state index contributed by atoms with van der Waals surface area (Å²) in [4.78, 5) is 7.25. The van der Waals surface area contributed by atoms with Gasteiger partial charge in [0.05, 0.1) is 0 Å². The summed E-state index contributed by atoms with van der Waals surface area (Å²) in [6.07, 6.45) is 1.05. The first-order chi connectivity index (χ1) is 8.13. The van der Waals surface area contributed by atoms with Crippen LogP contribution in [0, 0.1) is 13.8 Å². The van der Waals surface area contributed by atoms with Crippen molar-refractivity contribution in [3.63, 3.8) is 0 Å². The van der Waals surface area contributed by atoms with Crippen LogP contribution in [0.3, 0.4) is 0 Å². The molecule has 1 unspecified atom stereocenters. The monoisotopic (exact) mass is 246 g/mol. The molecule has 0 amide bonds. The van der Waals surface area contributed by atoms with Crippen LogP contribution >= 0.6 is 11.3 Å². The van der Waals surface area contributed by atoms with Crippen LogP contribution in [-0.4, -0.2) is 11.0 Å². The summed E-state index contributed by atoms with van der Waals surface area (Å²) in [6, 6.07) is 10.9. The van der Waals surface area contributed by atoms with Crippen LogP contribution in [0.2, 0.25) is 0 Å². The highest BCUT2D eigenvalue weighted by atomic mass is 32.1. The molecule has 90 valence electrons. The van der Waals surface area contributed by atoms with Gasteiger partial charge in [-0.15, -0.1) is 11.3 Å². The molecule has 0 spiro atoms. The van der Waals surface area contributed by atoms with Gasteiger partial charge in [-0.05, 0) is 45.0 Å². The molecule has 2 aromatic rings. The van der Waals surface area contributed by atoms with Gasteiger partial charge in [0.2, 0.25) is 0 Å². The number of hydrogen-bond donors (Lipinski definition) is 1. The number of aryl methyl sites for hydroxylation is 2. The van der Waals surface area contributed by atoms with Crippen LogP contribution in [0.15, 0.2) is 30.3 Å². The summed E-state index contributed by atoms with van der Waals surface area (Å²) >= 11 is 1.87. The highest BCUT2D eigenvalue weighted by Crippen LogP contribution is 2.18. The Morgan fingerprint density at radius 1 is 1.24 bits per heavy atom. The Bertz CT molecular complexity index is 490. The smallest absolute Gasteiger partial charge is 0.126 e. The molecule has 2 heterocycles. The van der Waals surface area contributed by atoms with Gasteiger partial charge < -0.3 is 5.32 Å². The van der Waals surface area contributed by atoms with Gasteiger partial charge in [0.15, 0.2) is 0 Å². The molecule has 0 aromatic carbocycles. The minimum Gasteiger partial charge on any atom is -0.367 e. The van der Waals surface area contributed by atoms with Crippen molar-refractivity contribution < 1.29 is 0 Å². The lowest BCUT2D eigenvalue weighted by atomic mass is 10.2. The molecule has 17 heavy (non-hydrogen) atoms. The summed E-state index contributed by atoms with van der Waals surface area (Å²) in [6.45, 7) is 6.35. The van der Waals surface area contributed by atoms with Gasteiger partial charge in [-0.2, -0.15) is 0 Å². The fourth-order valence-corrected chi connectivity index (χ4v) is 2.84. The van der Waals surface area contributed by atoms with Gasteiger partial charge >= 0.3 is 0 Å². The van der Waals surface area contributed by atoms with Gasteiger partial charge in [-0.1, -0.05) is 6.07 Å². The van der Waals surface area contributed by atoms with E-state index in [0.717, 1.165) is 17.9 Å². The predicted octanol–water partition coefficient (Wildman–Crippen LogP) is 3.80. The average Bonchev–Trinajstić information content (AvgIpc) is 2.63. The number of aromatic nitrogens is 1. The molecule has 0 saturated heterocycles. The van der Waals surface area contributed by atoms with Gasteiger partial charge in [-0.25, -0.2) is 4.98 Å². The quantitative estimate of drug-likeness (QED) is 0.887. The molecule has 0 saturated carbocycles. The summed E-state index contributed by atoms with van der Waals surface area (Å²) < 4.78 is 0. The maximum Gasteiger partial charge on any atom is 0.126 e. The van der Waals surface area contributed by atoms with Gasteiger partial charge in [0, 0.05) is 27.9 Å². The van der Waals surface area contributed by atoms with E-state index in [-0.39, 0.29) is 0 Å². The zero-order valence-electron chi connectivity index (χ0n) is 10.5. The van der Waals surface area contributed by atoms with Gasteiger partial charge in [0.1, 0.15) is 5.82 Å². The van der Waals surface area contributed by atoms with E-state index in [1.54, 1.807) is 0 Å². The molecule has 1 atom stereocenters. The van der Waals surface area contributed by atoms with Crippen molar-refractivity contribution in [2.75, 3.05) is 5.32 Å². The van der Waals surface area contributed by atoms with E-state index in [2.05, 4.69) is 36.3 Å². The van der Waals surface area contributed by atoms with Crippen LogP contribution in [0.4, 0.5) is 5.82 Å². The van der Waals surface area contributed by atoms with Crippen molar-refractivity contribution in [1.82, 2.24) is 4.98 Å². The Kier molecular flexibility index (Phi) is 3.79. The zero-order chi connectivity index (χ0) is 12.3. The second-order valence-corrected chi connectivity index (χ2v) is 5.80. The number of thiophene rings is 1. The third kappa shape index (κ3) is 3.56. The number of pyridine rings is 1. The van der Waals surface area contributed by atoms with E-state index < -0.39 is 0 Å². The van der Waals surface area contributed by atoms with Crippen LogP contribution in [0.5, 0.6) is 0 Å². The lowest BCUT2D eigenvalue weighted by molar-refractivity contribution is 0.793. The maximum atomic E-state index is 4.45. The molecule has 0 bridgehead atoms. The molecule has 2 nitrogen and oxygen atoms in total. The van der Waals surface area contributed by atoms with Crippen molar-refractivity contribution in [3.8, 4) is 0 Å². The SMILES string of the molecule is Cc1cccc(NC(C)Cc2ccc(C)s2)n1. The number of hydrogen-bond acceptors (Lipinski definition) is 3. The summed E-state index contributed by atoms with van der Waals surface area (Å²) in [7, 11) is 0. The second kappa shape index (κ2) is 5.32. The van der Waals surface area contributed by atoms with Gasteiger partial charge in [-0.3, -0.25) is 0 Å². The fraction of sp³-hybridized carbons (Fsp3) is 0.357. The molecular weight excluding hydrogens is 228 g/mol. The third-order valence-electron chi connectivity index (χ3n) is 2.59. The van der Waals surface area contributed by atoms with E-state index in [1.807, 2.05) is 36.5 Å². The number of anilines is 1. The van der Waals surface area contributed by atoms with Crippen molar-refractivity contribution in [2.45, 2.75) is 33.2 Å². The molecule has 2 rings (SSSR count). The Hall–Kier alpha value is -1.35. The van der Waals surface area contributed by atoms with Crippen molar-refractivity contribution in [1.29, 1.82) is 0 Å².